The Morgan fingerprint density at radius 1 is 1.45 bits per heavy atom. The highest BCUT2D eigenvalue weighted by molar-refractivity contribution is 6.48. The highest BCUT2D eigenvalue weighted by atomic mass is 28.3. The van der Waals surface area contributed by atoms with Gasteiger partial charge in [-0.3, -0.25) is 4.79 Å². The first-order valence-electron chi connectivity index (χ1n) is 7.23. The Kier molecular flexibility index (Phi) is 8.31. The maximum Gasteiger partial charge on any atom is 0.300 e. The molecule has 0 bridgehead atoms. The van der Waals surface area contributed by atoms with Crippen molar-refractivity contribution < 1.29 is 19.4 Å². The summed E-state index contributed by atoms with van der Waals surface area (Å²) in [5, 5.41) is 17.2. The topological polar surface area (TPSA) is 66.8 Å². The summed E-state index contributed by atoms with van der Waals surface area (Å²) in [7, 11) is -1.01. The van der Waals surface area contributed by atoms with Crippen molar-refractivity contribution in [2.75, 3.05) is 0 Å². The molecule has 1 aliphatic carbocycles. The first-order valence-corrected chi connectivity index (χ1v) is 10.0. The van der Waals surface area contributed by atoms with E-state index in [1.54, 1.807) is 0 Å². The van der Waals surface area contributed by atoms with Gasteiger partial charge in [-0.15, -0.1) is 0 Å². The lowest BCUT2D eigenvalue weighted by Gasteiger charge is -2.34. The van der Waals surface area contributed by atoms with Crippen LogP contribution in [0.3, 0.4) is 0 Å². The molecule has 3 atom stereocenters. The molecule has 0 heterocycles. The van der Waals surface area contributed by atoms with E-state index in [4.69, 9.17) is 14.3 Å². The molecule has 0 saturated heterocycles. The summed E-state index contributed by atoms with van der Waals surface area (Å²) in [6.07, 6.45) is 6.06. The van der Waals surface area contributed by atoms with E-state index in [-0.39, 0.29) is 23.5 Å². The normalized spacial score (nSPS) is 23.4. The smallest absolute Gasteiger partial charge is 0.300 e. The number of aliphatic hydroxyl groups excluding tert-OH is 1. The third-order valence-corrected chi connectivity index (χ3v) is 4.02. The molecule has 0 saturated carbocycles. The van der Waals surface area contributed by atoms with Crippen LogP contribution < -0.4 is 0 Å². The summed E-state index contributed by atoms with van der Waals surface area (Å²) >= 11 is 0. The number of aliphatic hydroxyl groups is 1. The van der Waals surface area contributed by atoms with Gasteiger partial charge in [0.25, 0.3) is 5.97 Å². The van der Waals surface area contributed by atoms with Crippen molar-refractivity contribution in [1.29, 1.82) is 0 Å². The SMILES string of the molecule is CC(=O)O.C[SiH](C)OC(CC1C=CCC1O)C(C)(C)C. The quantitative estimate of drug-likeness (QED) is 0.619. The maximum absolute atomic E-state index is 9.83. The molecule has 0 aromatic rings. The lowest BCUT2D eigenvalue weighted by molar-refractivity contribution is -0.134. The highest BCUT2D eigenvalue weighted by Crippen LogP contribution is 2.32. The van der Waals surface area contributed by atoms with Crippen LogP contribution in [-0.2, 0) is 9.22 Å². The Bertz CT molecular complexity index is 316. The molecule has 0 spiro atoms. The molecule has 1 rings (SSSR count). The van der Waals surface area contributed by atoms with Gasteiger partial charge < -0.3 is 14.6 Å². The minimum Gasteiger partial charge on any atom is -0.481 e. The summed E-state index contributed by atoms with van der Waals surface area (Å²) in [4.78, 5) is 9.00. The molecule has 0 aromatic carbocycles. The molecule has 0 radical (unpaired) electrons. The molecule has 118 valence electrons. The molecule has 5 heteroatoms. The molecule has 2 N–H and O–H groups in total. The van der Waals surface area contributed by atoms with Gasteiger partial charge in [0.2, 0.25) is 0 Å². The van der Waals surface area contributed by atoms with Crippen molar-refractivity contribution in [2.45, 2.75) is 65.8 Å². The minimum absolute atomic E-state index is 0.160. The Morgan fingerprint density at radius 2 is 1.95 bits per heavy atom. The summed E-state index contributed by atoms with van der Waals surface area (Å²) in [5.41, 5.74) is 0.160. The van der Waals surface area contributed by atoms with Gasteiger partial charge in [-0.2, -0.15) is 0 Å². The Morgan fingerprint density at radius 3 is 2.25 bits per heavy atom. The van der Waals surface area contributed by atoms with Crippen molar-refractivity contribution >= 4 is 15.0 Å². The van der Waals surface area contributed by atoms with Gasteiger partial charge in [0.15, 0.2) is 9.04 Å². The first-order chi connectivity index (χ1) is 9.04. The van der Waals surface area contributed by atoms with E-state index in [1.165, 1.54) is 0 Å². The number of aliphatic carboxylic acids is 1. The van der Waals surface area contributed by atoms with E-state index >= 15 is 0 Å². The second kappa shape index (κ2) is 8.59. The van der Waals surface area contributed by atoms with E-state index in [9.17, 15) is 5.11 Å². The van der Waals surface area contributed by atoms with E-state index in [0.717, 1.165) is 19.8 Å². The van der Waals surface area contributed by atoms with Crippen molar-refractivity contribution in [3.8, 4) is 0 Å². The van der Waals surface area contributed by atoms with Crippen molar-refractivity contribution in [2.24, 2.45) is 11.3 Å². The Hall–Kier alpha value is -0.653. The van der Waals surface area contributed by atoms with Gasteiger partial charge in [0.05, 0.1) is 12.2 Å². The number of carbonyl (C=O) groups is 1. The van der Waals surface area contributed by atoms with E-state index in [2.05, 4.69) is 46.0 Å². The van der Waals surface area contributed by atoms with Crippen LogP contribution >= 0.6 is 0 Å². The molecule has 20 heavy (non-hydrogen) atoms. The fourth-order valence-corrected chi connectivity index (χ4v) is 3.30. The standard InChI is InChI=1S/C13H26O2Si.C2H4O2/c1-13(2,3)12(15-16(4)5)9-10-7-6-8-11(10)14;1-2(3)4/h6-7,10-12,14,16H,8-9H2,1-5H3;1H3,(H,3,4). The number of carboxylic acids is 1. The third-order valence-electron chi connectivity index (χ3n) is 3.14. The lowest BCUT2D eigenvalue weighted by Crippen LogP contribution is -2.36. The number of rotatable bonds is 4. The van der Waals surface area contributed by atoms with Gasteiger partial charge in [-0.1, -0.05) is 32.9 Å². The predicted molar refractivity (Wildman–Crippen MR) is 84.4 cm³/mol. The van der Waals surface area contributed by atoms with Crippen LogP contribution in [0, 0.1) is 11.3 Å². The maximum atomic E-state index is 9.83. The second-order valence-electron chi connectivity index (χ2n) is 6.69. The van der Waals surface area contributed by atoms with E-state index in [1.807, 2.05) is 0 Å². The van der Waals surface area contributed by atoms with Crippen LogP contribution in [0.2, 0.25) is 13.1 Å². The van der Waals surface area contributed by atoms with Gasteiger partial charge in [-0.05, 0) is 31.4 Å². The summed E-state index contributed by atoms with van der Waals surface area (Å²) in [6, 6.07) is 0. The average Bonchev–Trinajstić information content (AvgIpc) is 2.60. The molecule has 3 unspecified atom stereocenters. The predicted octanol–water partition coefficient (Wildman–Crippen LogP) is 2.82. The monoisotopic (exact) mass is 302 g/mol. The van der Waals surface area contributed by atoms with Crippen LogP contribution in [0.25, 0.3) is 0 Å². The molecule has 0 amide bonds. The summed E-state index contributed by atoms with van der Waals surface area (Å²) in [6.45, 7) is 12.2. The zero-order valence-corrected chi connectivity index (χ0v) is 14.7. The first kappa shape index (κ1) is 19.3. The van der Waals surface area contributed by atoms with Crippen LogP contribution in [0.5, 0.6) is 0 Å². The van der Waals surface area contributed by atoms with Crippen LogP contribution in [0.15, 0.2) is 12.2 Å². The summed E-state index contributed by atoms with van der Waals surface area (Å²) < 4.78 is 6.12. The lowest BCUT2D eigenvalue weighted by atomic mass is 9.83. The Balaban J connectivity index is 0.000000796. The van der Waals surface area contributed by atoms with Gasteiger partial charge in [0, 0.05) is 12.8 Å². The zero-order chi connectivity index (χ0) is 15.9. The molecule has 0 fully saturated rings. The average molecular weight is 302 g/mol. The molecule has 0 aromatic heterocycles. The second-order valence-corrected chi connectivity index (χ2v) is 9.06. The van der Waals surface area contributed by atoms with E-state index in [0.29, 0.717) is 0 Å². The molecular formula is C15H30O4Si. The van der Waals surface area contributed by atoms with Gasteiger partial charge in [-0.25, -0.2) is 0 Å². The fraction of sp³-hybridized carbons (Fsp3) is 0.800. The zero-order valence-electron chi connectivity index (χ0n) is 13.6. The Labute approximate surface area is 124 Å². The molecular weight excluding hydrogens is 272 g/mol. The number of carboxylic acid groups (broad SMARTS) is 1. The van der Waals surface area contributed by atoms with Crippen LogP contribution in [-0.4, -0.2) is 37.4 Å². The third kappa shape index (κ3) is 8.50. The molecule has 0 aliphatic heterocycles. The molecule has 4 nitrogen and oxygen atoms in total. The van der Waals surface area contributed by atoms with Crippen LogP contribution in [0.4, 0.5) is 0 Å². The van der Waals surface area contributed by atoms with Crippen molar-refractivity contribution in [3.05, 3.63) is 12.2 Å². The fourth-order valence-electron chi connectivity index (χ4n) is 2.12. The number of hydrogen-bond donors (Lipinski definition) is 2. The van der Waals surface area contributed by atoms with Gasteiger partial charge >= 0.3 is 0 Å². The largest absolute Gasteiger partial charge is 0.481 e. The van der Waals surface area contributed by atoms with Crippen molar-refractivity contribution in [3.63, 3.8) is 0 Å². The molecule has 1 aliphatic rings. The van der Waals surface area contributed by atoms with Crippen molar-refractivity contribution in [1.82, 2.24) is 0 Å². The van der Waals surface area contributed by atoms with Gasteiger partial charge in [0.1, 0.15) is 0 Å². The van der Waals surface area contributed by atoms with Crippen LogP contribution in [0.1, 0.15) is 40.5 Å². The number of hydrogen-bond acceptors (Lipinski definition) is 3. The highest BCUT2D eigenvalue weighted by Gasteiger charge is 2.31. The van der Waals surface area contributed by atoms with E-state index < -0.39 is 15.0 Å². The summed E-state index contributed by atoms with van der Waals surface area (Å²) in [5.74, 6) is -0.544. The minimum atomic E-state index is -1.01.